The lowest BCUT2D eigenvalue weighted by Crippen LogP contribution is -2.15. The van der Waals surface area contributed by atoms with E-state index in [-0.39, 0.29) is 6.10 Å². The van der Waals surface area contributed by atoms with Crippen LogP contribution in [-0.2, 0) is 0 Å². The molecule has 13 heavy (non-hydrogen) atoms. The Hall–Kier alpha value is -0.480. The fourth-order valence-corrected chi connectivity index (χ4v) is 2.18. The van der Waals surface area contributed by atoms with Crippen LogP contribution >= 0.6 is 0 Å². The van der Waals surface area contributed by atoms with Gasteiger partial charge in [0.1, 0.15) is 0 Å². The van der Waals surface area contributed by atoms with Crippen molar-refractivity contribution >= 4 is 0 Å². The first-order valence-corrected chi connectivity index (χ1v) is 5.44. The van der Waals surface area contributed by atoms with Gasteiger partial charge in [0.05, 0.1) is 6.10 Å². The molecule has 0 heterocycles. The quantitative estimate of drug-likeness (QED) is 0.659. The van der Waals surface area contributed by atoms with Crippen molar-refractivity contribution in [1.82, 2.24) is 0 Å². The van der Waals surface area contributed by atoms with Crippen LogP contribution in [0.1, 0.15) is 51.4 Å². The number of terminal acetylenes is 1. The van der Waals surface area contributed by atoms with Crippen molar-refractivity contribution in [3.05, 3.63) is 0 Å². The molecule has 1 N–H and O–H groups in total. The maximum absolute atomic E-state index is 9.64. The second kappa shape index (κ2) is 6.05. The number of aliphatic hydroxyl groups is 1. The zero-order chi connectivity index (χ0) is 9.52. The number of aliphatic hydroxyl groups excluding tert-OH is 1. The first kappa shape index (κ1) is 10.6. The summed E-state index contributed by atoms with van der Waals surface area (Å²) in [5, 5.41) is 9.64. The first-order valence-electron chi connectivity index (χ1n) is 5.44. The van der Waals surface area contributed by atoms with E-state index in [4.69, 9.17) is 6.42 Å². The van der Waals surface area contributed by atoms with E-state index >= 15 is 0 Å². The van der Waals surface area contributed by atoms with Crippen LogP contribution in [0.5, 0.6) is 0 Å². The standard InChI is InChI=1S/C12H20O/c1-2-3-9-12(13)10-11-7-5-4-6-8-11/h1,11-13H,3-10H2. The van der Waals surface area contributed by atoms with Crippen molar-refractivity contribution in [2.45, 2.75) is 57.5 Å². The third-order valence-electron chi connectivity index (χ3n) is 2.95. The van der Waals surface area contributed by atoms with Crippen LogP contribution in [0.2, 0.25) is 0 Å². The van der Waals surface area contributed by atoms with Gasteiger partial charge in [0, 0.05) is 6.42 Å². The summed E-state index contributed by atoms with van der Waals surface area (Å²) in [6, 6.07) is 0. The van der Waals surface area contributed by atoms with Crippen LogP contribution in [0.15, 0.2) is 0 Å². The van der Waals surface area contributed by atoms with Crippen LogP contribution in [0.4, 0.5) is 0 Å². The molecule has 1 atom stereocenters. The Kier molecular flexibility index (Phi) is 4.93. The van der Waals surface area contributed by atoms with Gasteiger partial charge in [-0.1, -0.05) is 32.1 Å². The van der Waals surface area contributed by atoms with Gasteiger partial charge in [0.2, 0.25) is 0 Å². The Bertz CT molecular complexity index is 162. The summed E-state index contributed by atoms with van der Waals surface area (Å²) in [5.41, 5.74) is 0. The summed E-state index contributed by atoms with van der Waals surface area (Å²) in [4.78, 5) is 0. The van der Waals surface area contributed by atoms with E-state index in [1.165, 1.54) is 32.1 Å². The van der Waals surface area contributed by atoms with Gasteiger partial charge in [-0.25, -0.2) is 0 Å². The first-order chi connectivity index (χ1) is 6.33. The van der Waals surface area contributed by atoms with E-state index in [0.717, 1.165) is 18.8 Å². The van der Waals surface area contributed by atoms with Gasteiger partial charge in [0.25, 0.3) is 0 Å². The number of hydrogen-bond acceptors (Lipinski definition) is 1. The van der Waals surface area contributed by atoms with E-state index in [1.54, 1.807) is 0 Å². The molecule has 0 amide bonds. The predicted molar refractivity (Wildman–Crippen MR) is 55.3 cm³/mol. The highest BCUT2D eigenvalue weighted by molar-refractivity contribution is 4.84. The summed E-state index contributed by atoms with van der Waals surface area (Å²) in [6.45, 7) is 0. The molecule has 0 bridgehead atoms. The highest BCUT2D eigenvalue weighted by atomic mass is 16.3. The summed E-state index contributed by atoms with van der Waals surface area (Å²) >= 11 is 0. The summed E-state index contributed by atoms with van der Waals surface area (Å²) < 4.78 is 0. The molecule has 0 saturated heterocycles. The Morgan fingerprint density at radius 1 is 1.31 bits per heavy atom. The molecule has 1 heteroatoms. The Morgan fingerprint density at radius 3 is 2.62 bits per heavy atom. The smallest absolute Gasteiger partial charge is 0.0552 e. The lowest BCUT2D eigenvalue weighted by Gasteiger charge is -2.23. The number of hydrogen-bond donors (Lipinski definition) is 1. The molecule has 0 aromatic heterocycles. The van der Waals surface area contributed by atoms with Crippen LogP contribution in [0.25, 0.3) is 0 Å². The third-order valence-corrected chi connectivity index (χ3v) is 2.95. The second-order valence-electron chi connectivity index (χ2n) is 4.14. The second-order valence-corrected chi connectivity index (χ2v) is 4.14. The van der Waals surface area contributed by atoms with Crippen molar-refractivity contribution in [2.75, 3.05) is 0 Å². The Labute approximate surface area is 81.5 Å². The van der Waals surface area contributed by atoms with Gasteiger partial charge in [0.15, 0.2) is 0 Å². The van der Waals surface area contributed by atoms with E-state index in [0.29, 0.717) is 6.42 Å². The van der Waals surface area contributed by atoms with Crippen molar-refractivity contribution in [3.8, 4) is 12.3 Å². The number of rotatable bonds is 4. The maximum atomic E-state index is 9.64. The van der Waals surface area contributed by atoms with E-state index in [9.17, 15) is 5.11 Å². The maximum Gasteiger partial charge on any atom is 0.0552 e. The average molecular weight is 180 g/mol. The molecule has 1 aliphatic carbocycles. The highest BCUT2D eigenvalue weighted by Gasteiger charge is 2.16. The van der Waals surface area contributed by atoms with Gasteiger partial charge < -0.3 is 5.11 Å². The summed E-state index contributed by atoms with van der Waals surface area (Å²) in [7, 11) is 0. The SMILES string of the molecule is C#CCCC(O)CC1CCCCC1. The largest absolute Gasteiger partial charge is 0.393 e. The molecule has 74 valence electrons. The van der Waals surface area contributed by atoms with Crippen molar-refractivity contribution < 1.29 is 5.11 Å². The van der Waals surface area contributed by atoms with Crippen LogP contribution in [0, 0.1) is 18.3 Å². The fraction of sp³-hybridized carbons (Fsp3) is 0.833. The molecule has 1 fully saturated rings. The molecule has 1 unspecified atom stereocenters. The average Bonchev–Trinajstić information content (AvgIpc) is 2.16. The molecule has 1 nitrogen and oxygen atoms in total. The minimum atomic E-state index is -0.154. The lowest BCUT2D eigenvalue weighted by molar-refractivity contribution is 0.123. The monoisotopic (exact) mass is 180 g/mol. The minimum Gasteiger partial charge on any atom is -0.393 e. The molecule has 0 spiro atoms. The molecule has 0 aromatic carbocycles. The lowest BCUT2D eigenvalue weighted by atomic mass is 9.85. The van der Waals surface area contributed by atoms with Gasteiger partial charge in [-0.05, 0) is 18.8 Å². The van der Waals surface area contributed by atoms with Crippen molar-refractivity contribution in [3.63, 3.8) is 0 Å². The van der Waals surface area contributed by atoms with Crippen LogP contribution in [-0.4, -0.2) is 11.2 Å². The minimum absolute atomic E-state index is 0.154. The van der Waals surface area contributed by atoms with Gasteiger partial charge in [-0.3, -0.25) is 0 Å². The summed E-state index contributed by atoms with van der Waals surface area (Å²) in [5.74, 6) is 3.34. The van der Waals surface area contributed by atoms with E-state index < -0.39 is 0 Å². The Morgan fingerprint density at radius 2 is 2.00 bits per heavy atom. The van der Waals surface area contributed by atoms with Crippen molar-refractivity contribution in [2.24, 2.45) is 5.92 Å². The third kappa shape index (κ3) is 4.33. The molecule has 1 saturated carbocycles. The highest BCUT2D eigenvalue weighted by Crippen LogP contribution is 2.27. The molecular formula is C12H20O. The zero-order valence-corrected chi connectivity index (χ0v) is 8.34. The fourth-order valence-electron chi connectivity index (χ4n) is 2.18. The van der Waals surface area contributed by atoms with E-state index in [2.05, 4.69) is 5.92 Å². The van der Waals surface area contributed by atoms with Gasteiger partial charge in [-0.2, -0.15) is 0 Å². The zero-order valence-electron chi connectivity index (χ0n) is 8.34. The normalized spacial score (nSPS) is 20.9. The van der Waals surface area contributed by atoms with E-state index in [1.807, 2.05) is 0 Å². The van der Waals surface area contributed by atoms with Gasteiger partial charge in [-0.15, -0.1) is 12.3 Å². The van der Waals surface area contributed by atoms with Crippen LogP contribution < -0.4 is 0 Å². The molecule has 0 aliphatic heterocycles. The molecule has 1 rings (SSSR count). The summed E-state index contributed by atoms with van der Waals surface area (Å²) in [6.07, 6.45) is 14.2. The topological polar surface area (TPSA) is 20.2 Å². The molecular weight excluding hydrogens is 160 g/mol. The molecule has 1 aliphatic rings. The van der Waals surface area contributed by atoms with Crippen LogP contribution in [0.3, 0.4) is 0 Å². The van der Waals surface area contributed by atoms with Gasteiger partial charge >= 0.3 is 0 Å². The molecule has 0 radical (unpaired) electrons. The Balaban J connectivity index is 2.11. The molecule has 0 aromatic rings. The predicted octanol–water partition coefficient (Wildman–Crippen LogP) is 2.73. The van der Waals surface area contributed by atoms with Crippen molar-refractivity contribution in [1.29, 1.82) is 0 Å².